The molecule has 0 unspecified atom stereocenters. The van der Waals surface area contributed by atoms with E-state index in [1.54, 1.807) is 38.3 Å². The van der Waals surface area contributed by atoms with Crippen molar-refractivity contribution in [3.63, 3.8) is 0 Å². The third kappa shape index (κ3) is 8.09. The van der Waals surface area contributed by atoms with Gasteiger partial charge in [0.1, 0.15) is 17.4 Å². The van der Waals surface area contributed by atoms with Crippen LogP contribution in [0.1, 0.15) is 48.5 Å². The number of carbonyl (C=O) groups excluding carboxylic acids is 2. The van der Waals surface area contributed by atoms with E-state index in [4.69, 9.17) is 4.74 Å². The molecule has 42 heavy (non-hydrogen) atoms. The van der Waals surface area contributed by atoms with Crippen LogP contribution in [0, 0.1) is 25.5 Å². The van der Waals surface area contributed by atoms with Crippen LogP contribution in [0.3, 0.4) is 0 Å². The first kappa shape index (κ1) is 30.6. The molecule has 6 nitrogen and oxygen atoms in total. The molecule has 0 aliphatic heterocycles. The molecule has 4 rings (SSSR count). The van der Waals surface area contributed by atoms with Crippen LogP contribution in [-0.2, 0) is 13.0 Å². The van der Waals surface area contributed by atoms with Crippen molar-refractivity contribution in [3.8, 4) is 5.75 Å². The molecule has 0 heterocycles. The van der Waals surface area contributed by atoms with Gasteiger partial charge in [0.2, 0.25) is 0 Å². The van der Waals surface area contributed by atoms with Gasteiger partial charge in [0.25, 0.3) is 5.91 Å². The van der Waals surface area contributed by atoms with Crippen LogP contribution in [-0.4, -0.2) is 42.6 Å². The Kier molecular flexibility index (Phi) is 10.2. The zero-order valence-corrected chi connectivity index (χ0v) is 23.8. The number of rotatable bonds is 12. The molecule has 2 atom stereocenters. The number of nitrogens with one attached hydrogen (secondary N) is 2. The SMILES string of the molecule is COc1cccc(CNC[C@H](O)[C@H](Cc2cc(F)cc(F)c2)NC(=O)c2cc(C)cc(C(=O)c3ccccc3C)c2)c1. The molecule has 0 aromatic heterocycles. The number of methoxy groups -OCH3 is 1. The monoisotopic (exact) mass is 572 g/mol. The zero-order chi connectivity index (χ0) is 30.2. The Morgan fingerprint density at radius 3 is 2.29 bits per heavy atom. The normalized spacial score (nSPS) is 12.4. The zero-order valence-electron chi connectivity index (χ0n) is 23.8. The Balaban J connectivity index is 1.54. The molecular weight excluding hydrogens is 538 g/mol. The summed E-state index contributed by atoms with van der Waals surface area (Å²) in [6, 6.07) is 21.8. The van der Waals surface area contributed by atoms with Gasteiger partial charge in [-0.1, -0.05) is 36.4 Å². The van der Waals surface area contributed by atoms with Crippen LogP contribution in [0.5, 0.6) is 5.75 Å². The summed E-state index contributed by atoms with van der Waals surface area (Å²) in [5.74, 6) is -1.53. The Hall–Kier alpha value is -4.40. The highest BCUT2D eigenvalue weighted by atomic mass is 19.1. The average molecular weight is 573 g/mol. The Labute approximate surface area is 244 Å². The second-order valence-corrected chi connectivity index (χ2v) is 10.3. The van der Waals surface area contributed by atoms with Gasteiger partial charge in [0.05, 0.1) is 19.3 Å². The molecule has 3 N–H and O–H groups in total. The van der Waals surface area contributed by atoms with Crippen LogP contribution in [0.25, 0.3) is 0 Å². The third-order valence-corrected chi connectivity index (χ3v) is 6.97. The minimum atomic E-state index is -1.11. The molecule has 0 bridgehead atoms. The van der Waals surface area contributed by atoms with E-state index in [1.807, 2.05) is 43.3 Å². The van der Waals surface area contributed by atoms with Crippen molar-refractivity contribution in [1.82, 2.24) is 10.6 Å². The number of amides is 1. The number of carbonyl (C=O) groups is 2. The summed E-state index contributed by atoms with van der Waals surface area (Å²) in [4.78, 5) is 26.7. The highest BCUT2D eigenvalue weighted by Gasteiger charge is 2.24. The highest BCUT2D eigenvalue weighted by molar-refractivity contribution is 6.11. The molecule has 0 aliphatic carbocycles. The molecule has 4 aromatic carbocycles. The van der Waals surface area contributed by atoms with Crippen LogP contribution in [0.2, 0.25) is 0 Å². The topological polar surface area (TPSA) is 87.7 Å². The maximum absolute atomic E-state index is 13.9. The predicted molar refractivity (Wildman–Crippen MR) is 158 cm³/mol. The highest BCUT2D eigenvalue weighted by Crippen LogP contribution is 2.19. The van der Waals surface area contributed by atoms with Gasteiger partial charge in [-0.2, -0.15) is 0 Å². The molecule has 218 valence electrons. The third-order valence-electron chi connectivity index (χ3n) is 6.97. The summed E-state index contributed by atoms with van der Waals surface area (Å²) in [6.45, 7) is 4.15. The van der Waals surface area contributed by atoms with Gasteiger partial charge in [-0.3, -0.25) is 9.59 Å². The number of ether oxygens (including phenoxy) is 1. The molecule has 0 fully saturated rings. The Morgan fingerprint density at radius 2 is 1.57 bits per heavy atom. The standard InChI is InChI=1S/C34H34F2N2O4/c1-21-11-25(33(40)30-10-5-4-7-22(30)2)17-26(12-21)34(41)38-31(16-24-13-27(35)18-28(36)14-24)32(39)20-37-19-23-8-6-9-29(15-23)42-3/h4-15,17-18,31-32,37,39H,16,19-20H2,1-3H3,(H,38,41)/t31-,32-/m0/s1. The number of hydrogen-bond acceptors (Lipinski definition) is 5. The smallest absolute Gasteiger partial charge is 0.251 e. The quantitative estimate of drug-likeness (QED) is 0.200. The maximum Gasteiger partial charge on any atom is 0.251 e. The van der Waals surface area contributed by atoms with Gasteiger partial charge >= 0.3 is 0 Å². The van der Waals surface area contributed by atoms with Gasteiger partial charge in [0, 0.05) is 35.8 Å². The maximum atomic E-state index is 13.9. The minimum absolute atomic E-state index is 0.0246. The molecule has 4 aromatic rings. The number of hydrogen-bond donors (Lipinski definition) is 3. The van der Waals surface area contributed by atoms with Crippen LogP contribution in [0.15, 0.2) is 84.9 Å². The molecule has 0 aliphatic rings. The van der Waals surface area contributed by atoms with Crippen molar-refractivity contribution >= 4 is 11.7 Å². The fraction of sp³-hybridized carbons (Fsp3) is 0.235. The van der Waals surface area contributed by atoms with E-state index < -0.39 is 29.7 Å². The summed E-state index contributed by atoms with van der Waals surface area (Å²) in [6.07, 6.45) is -1.13. The largest absolute Gasteiger partial charge is 0.497 e. The molecule has 0 saturated carbocycles. The number of aliphatic hydroxyl groups excluding tert-OH is 1. The van der Waals surface area contributed by atoms with Crippen molar-refractivity contribution in [2.45, 2.75) is 39.0 Å². The first-order valence-electron chi connectivity index (χ1n) is 13.6. The van der Waals surface area contributed by atoms with E-state index in [9.17, 15) is 23.5 Å². The number of aryl methyl sites for hydroxylation is 2. The van der Waals surface area contributed by atoms with Crippen LogP contribution in [0.4, 0.5) is 8.78 Å². The summed E-state index contributed by atoms with van der Waals surface area (Å²) < 4.78 is 33.1. The number of benzene rings is 4. The lowest BCUT2D eigenvalue weighted by atomic mass is 9.95. The second-order valence-electron chi connectivity index (χ2n) is 10.3. The van der Waals surface area contributed by atoms with Crippen molar-refractivity contribution in [2.24, 2.45) is 0 Å². The lowest BCUT2D eigenvalue weighted by molar-refractivity contribution is 0.0829. The van der Waals surface area contributed by atoms with Crippen molar-refractivity contribution in [1.29, 1.82) is 0 Å². The molecule has 0 saturated heterocycles. The van der Waals surface area contributed by atoms with Crippen LogP contribution >= 0.6 is 0 Å². The van der Waals surface area contributed by atoms with Gasteiger partial charge in [-0.25, -0.2) is 8.78 Å². The van der Waals surface area contributed by atoms with E-state index in [0.29, 0.717) is 29.0 Å². The first-order chi connectivity index (χ1) is 20.1. The Morgan fingerprint density at radius 1 is 0.857 bits per heavy atom. The number of halogens is 2. The van der Waals surface area contributed by atoms with Gasteiger partial charge in [-0.15, -0.1) is 0 Å². The van der Waals surface area contributed by atoms with E-state index in [1.165, 1.54) is 18.2 Å². The minimum Gasteiger partial charge on any atom is -0.497 e. The molecule has 1 amide bonds. The fourth-order valence-electron chi connectivity index (χ4n) is 4.84. The Bertz CT molecular complexity index is 1550. The number of aliphatic hydroxyl groups is 1. The molecule has 0 spiro atoms. The summed E-state index contributed by atoms with van der Waals surface area (Å²) in [7, 11) is 1.58. The van der Waals surface area contributed by atoms with Gasteiger partial charge < -0.3 is 20.5 Å². The van der Waals surface area contributed by atoms with Crippen molar-refractivity contribution < 1.29 is 28.2 Å². The van der Waals surface area contributed by atoms with E-state index in [0.717, 1.165) is 17.2 Å². The lowest BCUT2D eigenvalue weighted by Gasteiger charge is -2.25. The average Bonchev–Trinajstić information content (AvgIpc) is 2.96. The van der Waals surface area contributed by atoms with E-state index >= 15 is 0 Å². The number of ketones is 1. The van der Waals surface area contributed by atoms with Gasteiger partial charge in [-0.05, 0) is 85.0 Å². The summed E-state index contributed by atoms with van der Waals surface area (Å²) in [5.41, 5.74) is 3.88. The van der Waals surface area contributed by atoms with Crippen LogP contribution < -0.4 is 15.4 Å². The van der Waals surface area contributed by atoms with E-state index in [2.05, 4.69) is 10.6 Å². The summed E-state index contributed by atoms with van der Waals surface area (Å²) in [5, 5.41) is 17.1. The van der Waals surface area contributed by atoms with E-state index in [-0.39, 0.29) is 29.9 Å². The summed E-state index contributed by atoms with van der Waals surface area (Å²) >= 11 is 0. The molecule has 0 radical (unpaired) electrons. The van der Waals surface area contributed by atoms with Gasteiger partial charge in [0.15, 0.2) is 5.78 Å². The lowest BCUT2D eigenvalue weighted by Crippen LogP contribution is -2.48. The molecule has 8 heteroatoms. The second kappa shape index (κ2) is 14.0. The van der Waals surface area contributed by atoms with Crippen molar-refractivity contribution in [3.05, 3.63) is 136 Å². The molecular formula is C34H34F2N2O4. The predicted octanol–water partition coefficient (Wildman–Crippen LogP) is 5.31. The fourth-order valence-corrected chi connectivity index (χ4v) is 4.84. The first-order valence-corrected chi connectivity index (χ1v) is 13.6. The van der Waals surface area contributed by atoms with Crippen molar-refractivity contribution in [2.75, 3.05) is 13.7 Å².